The van der Waals surface area contributed by atoms with Gasteiger partial charge in [0.15, 0.2) is 11.0 Å². The minimum absolute atomic E-state index is 0.327. The topological polar surface area (TPSA) is 43.2 Å². The number of hydrogen-bond donors (Lipinski definition) is 0. The molecule has 0 aliphatic carbocycles. The summed E-state index contributed by atoms with van der Waals surface area (Å²) < 4.78 is 8.22. The molecule has 1 aliphatic rings. The largest absolute Gasteiger partial charge is 0.486 e. The van der Waals surface area contributed by atoms with Gasteiger partial charge in [0, 0.05) is 6.04 Å². The van der Waals surface area contributed by atoms with Gasteiger partial charge in [-0.2, -0.15) is 0 Å². The lowest BCUT2D eigenvalue weighted by Crippen LogP contribution is -2.33. The molecule has 5 rings (SSSR count). The highest BCUT2D eigenvalue weighted by atomic mass is 32.2. The first-order chi connectivity index (χ1) is 14.3. The Morgan fingerprint density at radius 1 is 0.966 bits per heavy atom. The molecule has 146 valence electrons. The summed E-state index contributed by atoms with van der Waals surface area (Å²) in [5.41, 5.74) is 1.32. The summed E-state index contributed by atoms with van der Waals surface area (Å²) in [4.78, 5) is 2.43. The molecule has 3 aromatic carbocycles. The van der Waals surface area contributed by atoms with Crippen LogP contribution in [0.25, 0.3) is 10.8 Å². The fourth-order valence-electron chi connectivity index (χ4n) is 3.62. The van der Waals surface area contributed by atoms with Gasteiger partial charge in [0.1, 0.15) is 12.4 Å². The minimum atomic E-state index is 0.327. The van der Waals surface area contributed by atoms with Crippen LogP contribution in [-0.2, 0) is 13.3 Å². The molecule has 29 heavy (non-hydrogen) atoms. The van der Waals surface area contributed by atoms with Gasteiger partial charge in [-0.05, 0) is 35.4 Å². The van der Waals surface area contributed by atoms with E-state index in [0.717, 1.165) is 29.3 Å². The Morgan fingerprint density at radius 2 is 1.76 bits per heavy atom. The van der Waals surface area contributed by atoms with Gasteiger partial charge in [-0.25, -0.2) is 0 Å². The van der Waals surface area contributed by atoms with Gasteiger partial charge < -0.3 is 4.74 Å². The van der Waals surface area contributed by atoms with Crippen LogP contribution in [0.3, 0.4) is 0 Å². The third kappa shape index (κ3) is 3.73. The van der Waals surface area contributed by atoms with E-state index in [-0.39, 0.29) is 0 Å². The van der Waals surface area contributed by atoms with Crippen LogP contribution < -0.4 is 4.74 Å². The smallest absolute Gasteiger partial charge is 0.193 e. The number of ether oxygens (including phenoxy) is 1. The molecule has 0 fully saturated rings. The second-order valence-electron chi connectivity index (χ2n) is 7.21. The van der Waals surface area contributed by atoms with Crippen LogP contribution in [-0.4, -0.2) is 25.5 Å². The molecule has 0 spiro atoms. The highest BCUT2D eigenvalue weighted by Crippen LogP contribution is 2.31. The van der Waals surface area contributed by atoms with Crippen molar-refractivity contribution in [3.8, 4) is 5.75 Å². The van der Waals surface area contributed by atoms with Crippen LogP contribution in [0.1, 0.15) is 24.4 Å². The highest BCUT2D eigenvalue weighted by Gasteiger charge is 2.25. The van der Waals surface area contributed by atoms with Gasteiger partial charge in [0.05, 0.1) is 12.5 Å². The first-order valence-corrected chi connectivity index (χ1v) is 10.7. The van der Waals surface area contributed by atoms with Gasteiger partial charge in [0.25, 0.3) is 0 Å². The predicted octanol–water partition coefficient (Wildman–Crippen LogP) is 5.09. The van der Waals surface area contributed by atoms with E-state index in [1.165, 1.54) is 16.3 Å². The number of nitrogens with zero attached hydrogens (tertiary/aromatic N) is 4. The fourth-order valence-corrected chi connectivity index (χ4v) is 4.62. The Balaban J connectivity index is 1.31. The van der Waals surface area contributed by atoms with Crippen LogP contribution in [0.2, 0.25) is 0 Å². The molecular weight excluding hydrogens is 380 g/mol. The first kappa shape index (κ1) is 18.2. The molecule has 0 N–H and O–H groups in total. The van der Waals surface area contributed by atoms with Crippen LogP contribution in [0.5, 0.6) is 5.75 Å². The monoisotopic (exact) mass is 402 g/mol. The van der Waals surface area contributed by atoms with E-state index >= 15 is 0 Å². The summed E-state index contributed by atoms with van der Waals surface area (Å²) in [6, 6.07) is 25.4. The lowest BCUT2D eigenvalue weighted by atomic mass is 10.1. The molecule has 0 saturated carbocycles. The van der Waals surface area contributed by atoms with Crippen molar-refractivity contribution in [3.63, 3.8) is 0 Å². The first-order valence-electron chi connectivity index (χ1n) is 9.73. The molecule has 1 aliphatic heterocycles. The maximum Gasteiger partial charge on any atom is 0.193 e. The van der Waals surface area contributed by atoms with Crippen LogP contribution in [0, 0.1) is 0 Å². The molecule has 0 bridgehead atoms. The van der Waals surface area contributed by atoms with E-state index in [9.17, 15) is 0 Å². The maximum atomic E-state index is 6.05. The third-order valence-corrected chi connectivity index (χ3v) is 6.42. The van der Waals surface area contributed by atoms with Gasteiger partial charge >= 0.3 is 0 Å². The number of hydrogen-bond acceptors (Lipinski definition) is 5. The molecule has 4 aromatic rings. The van der Waals surface area contributed by atoms with Crippen molar-refractivity contribution in [1.29, 1.82) is 0 Å². The zero-order chi connectivity index (χ0) is 19.6. The summed E-state index contributed by atoms with van der Waals surface area (Å²) in [7, 11) is 0. The van der Waals surface area contributed by atoms with Crippen LogP contribution in [0.15, 0.2) is 78.0 Å². The van der Waals surface area contributed by atoms with Crippen molar-refractivity contribution in [2.45, 2.75) is 31.4 Å². The Labute approximate surface area is 174 Å². The number of benzene rings is 3. The number of fused-ring (bicyclic) bond motifs is 2. The van der Waals surface area contributed by atoms with E-state index in [2.05, 4.69) is 81.2 Å². The van der Waals surface area contributed by atoms with Crippen molar-refractivity contribution in [2.75, 3.05) is 5.88 Å². The molecule has 5 nitrogen and oxygen atoms in total. The molecule has 0 saturated heterocycles. The summed E-state index contributed by atoms with van der Waals surface area (Å²) in [5, 5.41) is 12.1. The normalized spacial score (nSPS) is 15.2. The number of aromatic nitrogens is 3. The maximum absolute atomic E-state index is 6.05. The molecule has 0 radical (unpaired) electrons. The van der Waals surface area contributed by atoms with Crippen LogP contribution in [0.4, 0.5) is 0 Å². The third-order valence-electron chi connectivity index (χ3n) is 5.39. The molecule has 6 heteroatoms. The minimum Gasteiger partial charge on any atom is -0.486 e. The summed E-state index contributed by atoms with van der Waals surface area (Å²) in [5.74, 6) is 2.60. The van der Waals surface area contributed by atoms with Gasteiger partial charge in [0.2, 0.25) is 0 Å². The SMILES string of the molecule is CC(c1ccccc1)N1CSc2nnc(COc3ccc4ccccc4c3)n2C1. The number of thioether (sulfide) groups is 1. The summed E-state index contributed by atoms with van der Waals surface area (Å²) in [6.07, 6.45) is 0. The molecule has 1 unspecified atom stereocenters. The van der Waals surface area contributed by atoms with Crippen molar-refractivity contribution in [1.82, 2.24) is 19.7 Å². The van der Waals surface area contributed by atoms with E-state index in [0.29, 0.717) is 12.6 Å². The zero-order valence-electron chi connectivity index (χ0n) is 16.2. The van der Waals surface area contributed by atoms with Gasteiger partial charge in [-0.3, -0.25) is 9.47 Å². The lowest BCUT2D eigenvalue weighted by molar-refractivity contribution is 0.172. The molecule has 0 amide bonds. The molecule has 2 heterocycles. The molecular formula is C23H22N4OS. The standard InChI is InChI=1S/C23H22N4OS/c1-17(18-7-3-2-4-8-18)26-15-27-22(24-25-23(27)29-16-26)14-28-21-12-11-19-9-5-6-10-20(19)13-21/h2-13,17H,14-16H2,1H3. The number of rotatable bonds is 5. The van der Waals surface area contributed by atoms with E-state index in [1.807, 2.05) is 18.2 Å². The van der Waals surface area contributed by atoms with Gasteiger partial charge in [-0.15, -0.1) is 10.2 Å². The highest BCUT2D eigenvalue weighted by molar-refractivity contribution is 7.99. The Morgan fingerprint density at radius 3 is 2.62 bits per heavy atom. The van der Waals surface area contributed by atoms with Crippen LogP contribution >= 0.6 is 11.8 Å². The second-order valence-corrected chi connectivity index (χ2v) is 8.13. The van der Waals surface area contributed by atoms with E-state index in [4.69, 9.17) is 4.74 Å². The van der Waals surface area contributed by atoms with Gasteiger partial charge in [-0.1, -0.05) is 72.4 Å². The lowest BCUT2D eigenvalue weighted by Gasteiger charge is -2.33. The summed E-state index contributed by atoms with van der Waals surface area (Å²) in [6.45, 7) is 3.41. The Bertz CT molecular complexity index is 1130. The fraction of sp³-hybridized carbons (Fsp3) is 0.217. The second kappa shape index (κ2) is 7.89. The quantitative estimate of drug-likeness (QED) is 0.465. The Kier molecular flexibility index (Phi) is 4.96. The average Bonchev–Trinajstić information content (AvgIpc) is 3.20. The zero-order valence-corrected chi connectivity index (χ0v) is 17.0. The van der Waals surface area contributed by atoms with Crippen molar-refractivity contribution < 1.29 is 4.74 Å². The van der Waals surface area contributed by atoms with Crippen molar-refractivity contribution in [3.05, 3.63) is 84.2 Å². The molecule has 1 aromatic heterocycles. The van der Waals surface area contributed by atoms with E-state index in [1.54, 1.807) is 11.8 Å². The van der Waals surface area contributed by atoms with Crippen molar-refractivity contribution >= 4 is 22.5 Å². The van der Waals surface area contributed by atoms with Crippen molar-refractivity contribution in [2.24, 2.45) is 0 Å². The predicted molar refractivity (Wildman–Crippen MR) is 116 cm³/mol. The average molecular weight is 403 g/mol. The Hall–Kier alpha value is -2.83. The summed E-state index contributed by atoms with van der Waals surface area (Å²) >= 11 is 1.72. The molecule has 1 atom stereocenters. The van der Waals surface area contributed by atoms with E-state index < -0.39 is 0 Å².